The standard InChI is InChI=1S/C16H21BrClNO/c1-11(2)10-16(7-3-4-8-16)15(20)19-14-6-5-12(18)9-13(14)17/h5-6,9,11H,3-4,7-8,10H2,1-2H3,(H,19,20). The zero-order chi connectivity index (χ0) is 14.8. The van der Waals surface area contributed by atoms with Gasteiger partial charge in [0, 0.05) is 14.9 Å². The van der Waals surface area contributed by atoms with Gasteiger partial charge in [-0.05, 0) is 59.3 Å². The first kappa shape index (κ1) is 15.8. The molecular formula is C16H21BrClNO. The number of carbonyl (C=O) groups excluding carboxylic acids is 1. The number of anilines is 1. The predicted molar refractivity (Wildman–Crippen MR) is 88.1 cm³/mol. The van der Waals surface area contributed by atoms with Gasteiger partial charge in [0.25, 0.3) is 0 Å². The highest BCUT2D eigenvalue weighted by Gasteiger charge is 2.41. The molecule has 0 aromatic heterocycles. The number of nitrogens with one attached hydrogen (secondary N) is 1. The van der Waals surface area contributed by atoms with Crippen molar-refractivity contribution in [2.24, 2.45) is 11.3 Å². The predicted octanol–water partition coefficient (Wildman–Crippen LogP) is 5.65. The molecule has 0 heterocycles. The van der Waals surface area contributed by atoms with Gasteiger partial charge in [-0.3, -0.25) is 4.79 Å². The van der Waals surface area contributed by atoms with Gasteiger partial charge in [-0.1, -0.05) is 38.3 Å². The largest absolute Gasteiger partial charge is 0.325 e. The van der Waals surface area contributed by atoms with Gasteiger partial charge in [0.15, 0.2) is 0 Å². The van der Waals surface area contributed by atoms with E-state index in [9.17, 15) is 4.79 Å². The van der Waals surface area contributed by atoms with Crippen LogP contribution in [-0.4, -0.2) is 5.91 Å². The number of rotatable bonds is 4. The van der Waals surface area contributed by atoms with Gasteiger partial charge in [0.05, 0.1) is 5.69 Å². The summed E-state index contributed by atoms with van der Waals surface area (Å²) in [5.74, 6) is 0.694. The minimum absolute atomic E-state index is 0.159. The molecule has 1 saturated carbocycles. The lowest BCUT2D eigenvalue weighted by atomic mass is 9.77. The zero-order valence-electron chi connectivity index (χ0n) is 12.0. The Morgan fingerprint density at radius 2 is 2.05 bits per heavy atom. The Kier molecular flexibility index (Phi) is 5.14. The van der Waals surface area contributed by atoms with Crippen LogP contribution in [0.5, 0.6) is 0 Å². The van der Waals surface area contributed by atoms with E-state index >= 15 is 0 Å². The molecular weight excluding hydrogens is 338 g/mol. The smallest absolute Gasteiger partial charge is 0.230 e. The first-order chi connectivity index (χ1) is 9.43. The van der Waals surface area contributed by atoms with Gasteiger partial charge in [0.1, 0.15) is 0 Å². The molecule has 20 heavy (non-hydrogen) atoms. The minimum Gasteiger partial charge on any atom is -0.325 e. The van der Waals surface area contributed by atoms with Crippen LogP contribution >= 0.6 is 27.5 Å². The Labute approximate surface area is 134 Å². The minimum atomic E-state index is -0.187. The summed E-state index contributed by atoms with van der Waals surface area (Å²) in [6.45, 7) is 4.37. The number of hydrogen-bond donors (Lipinski definition) is 1. The normalized spacial score (nSPS) is 17.4. The first-order valence-corrected chi connectivity index (χ1v) is 8.36. The van der Waals surface area contributed by atoms with E-state index in [1.54, 1.807) is 12.1 Å². The van der Waals surface area contributed by atoms with Crippen LogP contribution in [0.25, 0.3) is 0 Å². The third kappa shape index (κ3) is 3.56. The molecule has 0 unspecified atom stereocenters. The Hall–Kier alpha value is -0.540. The molecule has 4 heteroatoms. The van der Waals surface area contributed by atoms with E-state index < -0.39 is 0 Å². The van der Waals surface area contributed by atoms with Crippen molar-refractivity contribution in [2.75, 3.05) is 5.32 Å². The maximum absolute atomic E-state index is 12.7. The molecule has 0 bridgehead atoms. The van der Waals surface area contributed by atoms with E-state index in [-0.39, 0.29) is 11.3 Å². The summed E-state index contributed by atoms with van der Waals surface area (Å²) in [4.78, 5) is 12.7. The van der Waals surface area contributed by atoms with Crippen LogP contribution in [0.15, 0.2) is 22.7 Å². The molecule has 0 saturated heterocycles. The van der Waals surface area contributed by atoms with Crippen LogP contribution in [0.3, 0.4) is 0 Å². The maximum Gasteiger partial charge on any atom is 0.230 e. The van der Waals surface area contributed by atoms with Gasteiger partial charge in [-0.15, -0.1) is 0 Å². The van der Waals surface area contributed by atoms with Crippen LogP contribution in [0, 0.1) is 11.3 Å². The molecule has 0 radical (unpaired) electrons. The average molecular weight is 359 g/mol. The van der Waals surface area contributed by atoms with Gasteiger partial charge >= 0.3 is 0 Å². The summed E-state index contributed by atoms with van der Waals surface area (Å²) in [5, 5.41) is 3.74. The summed E-state index contributed by atoms with van der Waals surface area (Å²) in [7, 11) is 0. The van der Waals surface area contributed by atoms with E-state index in [1.807, 2.05) is 6.07 Å². The summed E-state index contributed by atoms with van der Waals surface area (Å²) < 4.78 is 0.830. The van der Waals surface area contributed by atoms with Gasteiger partial charge in [-0.25, -0.2) is 0 Å². The monoisotopic (exact) mass is 357 g/mol. The van der Waals surface area contributed by atoms with E-state index in [0.717, 1.165) is 42.3 Å². The Morgan fingerprint density at radius 3 is 2.60 bits per heavy atom. The fourth-order valence-electron chi connectivity index (χ4n) is 3.20. The highest BCUT2D eigenvalue weighted by atomic mass is 79.9. The van der Waals surface area contributed by atoms with Gasteiger partial charge < -0.3 is 5.32 Å². The second-order valence-corrected chi connectivity index (χ2v) is 7.45. The quantitative estimate of drug-likeness (QED) is 0.740. The van der Waals surface area contributed by atoms with Crippen LogP contribution in [-0.2, 0) is 4.79 Å². The summed E-state index contributed by atoms with van der Waals surface area (Å²) in [6.07, 6.45) is 5.28. The molecule has 2 rings (SSSR count). The van der Waals surface area contributed by atoms with Crippen molar-refractivity contribution >= 4 is 39.1 Å². The molecule has 1 fully saturated rings. The number of amides is 1. The van der Waals surface area contributed by atoms with Crippen molar-refractivity contribution < 1.29 is 4.79 Å². The number of hydrogen-bond acceptors (Lipinski definition) is 1. The summed E-state index contributed by atoms with van der Waals surface area (Å²) in [6, 6.07) is 5.45. The van der Waals surface area contributed by atoms with Crippen molar-refractivity contribution in [1.29, 1.82) is 0 Å². The molecule has 0 aliphatic heterocycles. The molecule has 1 aromatic carbocycles. The zero-order valence-corrected chi connectivity index (χ0v) is 14.4. The second-order valence-electron chi connectivity index (χ2n) is 6.16. The van der Waals surface area contributed by atoms with Crippen molar-refractivity contribution in [1.82, 2.24) is 0 Å². The van der Waals surface area contributed by atoms with Crippen LogP contribution in [0.2, 0.25) is 5.02 Å². The molecule has 110 valence electrons. The fraction of sp³-hybridized carbons (Fsp3) is 0.562. The number of halogens is 2. The molecule has 1 aromatic rings. The molecule has 0 spiro atoms. The lowest BCUT2D eigenvalue weighted by molar-refractivity contribution is -0.126. The van der Waals surface area contributed by atoms with Crippen molar-refractivity contribution in [2.45, 2.75) is 46.0 Å². The van der Waals surface area contributed by atoms with Crippen molar-refractivity contribution in [3.05, 3.63) is 27.7 Å². The summed E-state index contributed by atoms with van der Waals surface area (Å²) in [5.41, 5.74) is 0.613. The molecule has 1 amide bonds. The third-order valence-electron chi connectivity index (χ3n) is 4.02. The lowest BCUT2D eigenvalue weighted by Crippen LogP contribution is -2.35. The van der Waals surface area contributed by atoms with E-state index in [2.05, 4.69) is 35.1 Å². The number of benzene rings is 1. The Morgan fingerprint density at radius 1 is 1.40 bits per heavy atom. The maximum atomic E-state index is 12.7. The number of carbonyl (C=O) groups is 1. The van der Waals surface area contributed by atoms with E-state index in [1.165, 1.54) is 0 Å². The van der Waals surface area contributed by atoms with Crippen LogP contribution < -0.4 is 5.32 Å². The average Bonchev–Trinajstić information content (AvgIpc) is 2.81. The van der Waals surface area contributed by atoms with Gasteiger partial charge in [0.2, 0.25) is 5.91 Å². The topological polar surface area (TPSA) is 29.1 Å². The fourth-order valence-corrected chi connectivity index (χ4v) is 3.98. The van der Waals surface area contributed by atoms with E-state index in [0.29, 0.717) is 10.9 Å². The van der Waals surface area contributed by atoms with Crippen LogP contribution in [0.1, 0.15) is 46.0 Å². The molecule has 0 atom stereocenters. The van der Waals surface area contributed by atoms with Gasteiger partial charge in [-0.2, -0.15) is 0 Å². The highest BCUT2D eigenvalue weighted by molar-refractivity contribution is 9.10. The van der Waals surface area contributed by atoms with Crippen molar-refractivity contribution in [3.63, 3.8) is 0 Å². The first-order valence-electron chi connectivity index (χ1n) is 7.19. The molecule has 2 nitrogen and oxygen atoms in total. The van der Waals surface area contributed by atoms with Crippen LogP contribution in [0.4, 0.5) is 5.69 Å². The molecule has 1 N–H and O–H groups in total. The Balaban J connectivity index is 2.16. The molecule has 1 aliphatic rings. The third-order valence-corrected chi connectivity index (χ3v) is 4.91. The van der Waals surface area contributed by atoms with E-state index in [4.69, 9.17) is 11.6 Å². The van der Waals surface area contributed by atoms with Crippen molar-refractivity contribution in [3.8, 4) is 0 Å². The lowest BCUT2D eigenvalue weighted by Gasteiger charge is -2.29. The summed E-state index contributed by atoms with van der Waals surface area (Å²) >= 11 is 9.39. The Bertz CT molecular complexity index is 495. The molecule has 1 aliphatic carbocycles. The highest BCUT2D eigenvalue weighted by Crippen LogP contribution is 2.44. The SMILES string of the molecule is CC(C)CC1(C(=O)Nc2ccc(Cl)cc2Br)CCCC1. The second kappa shape index (κ2) is 6.48.